The molecular weight excluding hydrogens is 517 g/mol. The van der Waals surface area contributed by atoms with E-state index in [2.05, 4.69) is 23.3 Å². The molecular formula is C28H25F3N2O4S. The fourth-order valence-electron chi connectivity index (χ4n) is 3.48. The van der Waals surface area contributed by atoms with Gasteiger partial charge in [0.1, 0.15) is 11.7 Å². The summed E-state index contributed by atoms with van der Waals surface area (Å²) in [6.45, 7) is 3.00. The zero-order chi connectivity index (χ0) is 28.1. The third kappa shape index (κ3) is 7.48. The number of benzene rings is 3. The molecule has 0 saturated carbocycles. The van der Waals surface area contributed by atoms with Gasteiger partial charge in [-0.05, 0) is 60.9 Å². The van der Waals surface area contributed by atoms with Crippen LogP contribution in [-0.2, 0) is 15.8 Å². The predicted octanol–water partition coefficient (Wildman–Crippen LogP) is 5.42. The van der Waals surface area contributed by atoms with E-state index in [1.807, 2.05) is 42.5 Å². The summed E-state index contributed by atoms with van der Waals surface area (Å²) in [5, 5.41) is 14.3. The number of carbonyl (C=O) groups is 3. The minimum atomic E-state index is -4.57. The Morgan fingerprint density at radius 1 is 0.868 bits per heavy atom. The van der Waals surface area contributed by atoms with Crippen LogP contribution in [0.4, 0.5) is 13.2 Å². The van der Waals surface area contributed by atoms with Gasteiger partial charge in [0.05, 0.1) is 5.56 Å². The number of nitrogens with one attached hydrogen (secondary N) is 2. The molecule has 6 nitrogen and oxygen atoms in total. The van der Waals surface area contributed by atoms with Crippen LogP contribution in [0.3, 0.4) is 0 Å². The van der Waals surface area contributed by atoms with Gasteiger partial charge in [0.2, 0.25) is 0 Å². The summed E-state index contributed by atoms with van der Waals surface area (Å²) in [6, 6.07) is 18.6. The lowest BCUT2D eigenvalue weighted by atomic mass is 10.0. The van der Waals surface area contributed by atoms with E-state index in [9.17, 15) is 32.7 Å². The summed E-state index contributed by atoms with van der Waals surface area (Å²) >= 11 is 4.24. The number of amides is 2. The number of carboxylic acids is 1. The maximum atomic E-state index is 13.1. The Kier molecular flexibility index (Phi) is 8.67. The van der Waals surface area contributed by atoms with Crippen LogP contribution in [0.15, 0.2) is 84.6 Å². The number of carbonyl (C=O) groups excluding carboxylic acids is 2. The Morgan fingerprint density at radius 3 is 1.92 bits per heavy atom. The van der Waals surface area contributed by atoms with E-state index < -0.39 is 40.3 Å². The molecule has 3 N–H and O–H groups in total. The molecule has 0 aliphatic carbocycles. The number of hydrogen-bond acceptors (Lipinski definition) is 4. The van der Waals surface area contributed by atoms with Crippen molar-refractivity contribution in [1.29, 1.82) is 0 Å². The topological polar surface area (TPSA) is 95.5 Å². The van der Waals surface area contributed by atoms with Crippen molar-refractivity contribution in [2.75, 3.05) is 0 Å². The van der Waals surface area contributed by atoms with Gasteiger partial charge in [0.15, 0.2) is 0 Å². The molecule has 38 heavy (non-hydrogen) atoms. The van der Waals surface area contributed by atoms with Gasteiger partial charge in [-0.3, -0.25) is 9.59 Å². The van der Waals surface area contributed by atoms with Crippen LogP contribution in [0.1, 0.15) is 35.3 Å². The Bertz CT molecular complexity index is 1330. The van der Waals surface area contributed by atoms with Crippen LogP contribution in [0.5, 0.6) is 0 Å². The van der Waals surface area contributed by atoms with Gasteiger partial charge in [-0.25, -0.2) is 4.79 Å². The first-order valence-corrected chi connectivity index (χ1v) is 11.8. The average Bonchev–Trinajstić information content (AvgIpc) is 2.86. The van der Waals surface area contributed by atoms with E-state index in [4.69, 9.17) is 0 Å². The van der Waals surface area contributed by atoms with E-state index in [0.29, 0.717) is 5.56 Å². The summed E-state index contributed by atoms with van der Waals surface area (Å²) in [6.07, 6.45) is -3.23. The van der Waals surface area contributed by atoms with Crippen molar-refractivity contribution in [3.8, 4) is 11.1 Å². The van der Waals surface area contributed by atoms with E-state index in [1.54, 1.807) is 12.1 Å². The van der Waals surface area contributed by atoms with Crippen LogP contribution in [0, 0.1) is 0 Å². The fraction of sp³-hybridized carbons (Fsp3) is 0.179. The summed E-state index contributed by atoms with van der Waals surface area (Å²) < 4.78 is 37.5. The van der Waals surface area contributed by atoms with Gasteiger partial charge >= 0.3 is 12.1 Å². The van der Waals surface area contributed by atoms with Crippen molar-refractivity contribution in [3.05, 3.63) is 101 Å². The van der Waals surface area contributed by atoms with Gasteiger partial charge < -0.3 is 15.7 Å². The molecule has 0 saturated heterocycles. The molecule has 3 aromatic rings. The van der Waals surface area contributed by atoms with Crippen LogP contribution in [-0.4, -0.2) is 33.7 Å². The molecule has 0 radical (unpaired) electrons. The minimum Gasteiger partial charge on any atom is -0.480 e. The summed E-state index contributed by atoms with van der Waals surface area (Å²) in [4.78, 5) is 37.7. The Balaban J connectivity index is 1.93. The summed E-state index contributed by atoms with van der Waals surface area (Å²) in [5.41, 5.74) is 1.04. The Hall–Kier alpha value is -4.05. The molecule has 0 aliphatic heterocycles. The maximum Gasteiger partial charge on any atom is 0.416 e. The molecule has 2 amide bonds. The molecule has 0 spiro atoms. The number of rotatable bonds is 8. The Labute approximate surface area is 223 Å². The van der Waals surface area contributed by atoms with E-state index >= 15 is 0 Å². The molecule has 0 fully saturated rings. The quantitative estimate of drug-likeness (QED) is 0.226. The second-order valence-electron chi connectivity index (χ2n) is 8.97. The number of aliphatic carboxylic acids is 1. The van der Waals surface area contributed by atoms with Gasteiger partial charge in [0.25, 0.3) is 11.8 Å². The highest BCUT2D eigenvalue weighted by molar-refractivity contribution is 7.81. The highest BCUT2D eigenvalue weighted by atomic mass is 32.1. The van der Waals surface area contributed by atoms with Crippen molar-refractivity contribution < 1.29 is 32.7 Å². The molecule has 198 valence electrons. The lowest BCUT2D eigenvalue weighted by Crippen LogP contribution is -2.53. The van der Waals surface area contributed by atoms with Gasteiger partial charge in [-0.1, -0.05) is 54.6 Å². The van der Waals surface area contributed by atoms with Crippen molar-refractivity contribution >= 4 is 36.5 Å². The third-order valence-electron chi connectivity index (χ3n) is 5.52. The lowest BCUT2D eigenvalue weighted by Gasteiger charge is -2.27. The largest absolute Gasteiger partial charge is 0.480 e. The molecule has 0 aliphatic rings. The zero-order valence-corrected chi connectivity index (χ0v) is 21.3. The number of thiol groups is 1. The molecule has 0 heterocycles. The predicted molar refractivity (Wildman–Crippen MR) is 141 cm³/mol. The Morgan fingerprint density at radius 2 is 1.42 bits per heavy atom. The second-order valence-corrected chi connectivity index (χ2v) is 10.1. The normalized spacial score (nSPS) is 12.9. The molecule has 1 unspecified atom stereocenters. The average molecular weight is 543 g/mol. The fourth-order valence-corrected chi connectivity index (χ4v) is 3.66. The van der Waals surface area contributed by atoms with Crippen molar-refractivity contribution in [1.82, 2.24) is 10.6 Å². The molecule has 0 bridgehead atoms. The SMILES string of the molecule is CC(C)(S)C(NC(=O)C(=Cc1ccc(-c2ccccc2)cc1)NC(=O)c1ccc(C(F)(F)F)cc1)C(=O)O. The van der Waals surface area contributed by atoms with Gasteiger partial charge in [-0.15, -0.1) is 0 Å². The van der Waals surface area contributed by atoms with Crippen LogP contribution in [0.25, 0.3) is 17.2 Å². The van der Waals surface area contributed by atoms with E-state index in [-0.39, 0.29) is 11.3 Å². The standard InChI is InChI=1S/C28H25F3N2O4S/c1-27(2,38)23(26(36)37)33-25(35)22(32-24(34)20-12-14-21(15-13-20)28(29,30)31)16-17-8-10-19(11-9-17)18-6-4-3-5-7-18/h3-16,23,38H,1-2H3,(H,32,34)(H,33,35)(H,36,37). The second kappa shape index (κ2) is 11.6. The monoisotopic (exact) mass is 542 g/mol. The first-order chi connectivity index (χ1) is 17.8. The highest BCUT2D eigenvalue weighted by Crippen LogP contribution is 2.29. The van der Waals surface area contributed by atoms with Crippen molar-refractivity contribution in [2.45, 2.75) is 30.8 Å². The third-order valence-corrected chi connectivity index (χ3v) is 5.78. The van der Waals surface area contributed by atoms with Crippen molar-refractivity contribution in [3.63, 3.8) is 0 Å². The van der Waals surface area contributed by atoms with Gasteiger partial charge in [-0.2, -0.15) is 25.8 Å². The first-order valence-electron chi connectivity index (χ1n) is 11.4. The number of halogens is 3. The lowest BCUT2D eigenvalue weighted by molar-refractivity contribution is -0.142. The maximum absolute atomic E-state index is 13.1. The summed E-state index contributed by atoms with van der Waals surface area (Å²) in [7, 11) is 0. The van der Waals surface area contributed by atoms with Gasteiger partial charge in [0, 0.05) is 10.3 Å². The van der Waals surface area contributed by atoms with E-state index in [0.717, 1.165) is 35.4 Å². The van der Waals surface area contributed by atoms with Crippen LogP contribution < -0.4 is 10.6 Å². The zero-order valence-electron chi connectivity index (χ0n) is 20.4. The molecule has 10 heteroatoms. The first kappa shape index (κ1) is 28.5. The summed E-state index contributed by atoms with van der Waals surface area (Å²) in [5.74, 6) is -3.09. The molecule has 3 aromatic carbocycles. The molecule has 1 atom stereocenters. The number of hydrogen-bond donors (Lipinski definition) is 4. The minimum absolute atomic E-state index is 0.125. The number of carboxylic acid groups (broad SMARTS) is 1. The smallest absolute Gasteiger partial charge is 0.416 e. The van der Waals surface area contributed by atoms with Crippen molar-refractivity contribution in [2.24, 2.45) is 0 Å². The van der Waals surface area contributed by atoms with Crippen LogP contribution >= 0.6 is 12.6 Å². The number of alkyl halides is 3. The molecule has 3 rings (SSSR count). The van der Waals surface area contributed by atoms with Crippen LogP contribution in [0.2, 0.25) is 0 Å². The van der Waals surface area contributed by atoms with E-state index in [1.165, 1.54) is 19.9 Å². The highest BCUT2D eigenvalue weighted by Gasteiger charge is 2.34. The molecule has 0 aromatic heterocycles.